The highest BCUT2D eigenvalue weighted by Gasteiger charge is 2.19. The summed E-state index contributed by atoms with van der Waals surface area (Å²) in [7, 11) is 0. The van der Waals surface area contributed by atoms with E-state index in [4.69, 9.17) is 8.83 Å². The second-order valence-corrected chi connectivity index (χ2v) is 6.75. The van der Waals surface area contributed by atoms with E-state index in [0.717, 1.165) is 22.7 Å². The van der Waals surface area contributed by atoms with Gasteiger partial charge in [0.15, 0.2) is 0 Å². The Morgan fingerprint density at radius 1 is 1.15 bits per heavy atom. The number of rotatable bonds is 5. The highest BCUT2D eigenvalue weighted by atomic mass is 32.2. The fourth-order valence-corrected chi connectivity index (χ4v) is 3.51. The van der Waals surface area contributed by atoms with Crippen LogP contribution in [0.15, 0.2) is 56.7 Å². The zero-order valence-corrected chi connectivity index (χ0v) is 15.5. The molecule has 8 heteroatoms. The summed E-state index contributed by atoms with van der Waals surface area (Å²) in [6.07, 6.45) is 1.59. The van der Waals surface area contributed by atoms with Crippen molar-refractivity contribution < 1.29 is 8.83 Å². The minimum atomic E-state index is 0.414. The molecule has 0 fully saturated rings. The van der Waals surface area contributed by atoms with Crippen LogP contribution >= 0.6 is 11.8 Å². The zero-order chi connectivity index (χ0) is 18.8. The van der Waals surface area contributed by atoms with E-state index in [9.17, 15) is 5.26 Å². The molecule has 0 aliphatic rings. The second kappa shape index (κ2) is 7.13. The van der Waals surface area contributed by atoms with Gasteiger partial charge in [-0.1, -0.05) is 30.0 Å². The molecule has 0 N–H and O–H groups in total. The maximum atomic E-state index is 9.54. The Morgan fingerprint density at radius 3 is 2.67 bits per heavy atom. The Balaban J connectivity index is 1.61. The Bertz CT molecular complexity index is 1120. The number of hydrogen-bond acceptors (Lipinski definition) is 7. The summed E-state index contributed by atoms with van der Waals surface area (Å²) in [6, 6.07) is 13.8. The predicted octanol–water partition coefficient (Wildman–Crippen LogP) is 4.30. The molecule has 0 saturated heterocycles. The van der Waals surface area contributed by atoms with Crippen LogP contribution in [-0.2, 0) is 5.75 Å². The second-order valence-electron chi connectivity index (χ2n) is 5.82. The molecule has 4 aromatic rings. The predicted molar refractivity (Wildman–Crippen MR) is 99.3 cm³/mol. The van der Waals surface area contributed by atoms with Crippen molar-refractivity contribution in [2.24, 2.45) is 0 Å². The molecule has 4 rings (SSSR count). The molecule has 134 valence electrons. The van der Waals surface area contributed by atoms with Crippen LogP contribution in [0.3, 0.4) is 0 Å². The molecule has 0 saturated carbocycles. The molecule has 0 radical (unpaired) electrons. The van der Waals surface area contributed by atoms with Crippen molar-refractivity contribution >= 4 is 11.8 Å². The van der Waals surface area contributed by atoms with Crippen LogP contribution in [0.25, 0.3) is 17.1 Å². The maximum absolute atomic E-state index is 9.54. The zero-order valence-electron chi connectivity index (χ0n) is 14.7. The standard InChI is InChI=1S/C19H15N5O2S/c1-12-16(10-20)17(24(23-12)14-6-4-3-5-7-14)11-27-19-22-21-18(26-19)15-8-9-25-13(15)2/h3-9H,11H2,1-2H3. The lowest BCUT2D eigenvalue weighted by atomic mass is 10.2. The van der Waals surface area contributed by atoms with Crippen molar-refractivity contribution in [3.05, 3.63) is 65.4 Å². The van der Waals surface area contributed by atoms with Crippen molar-refractivity contribution in [1.82, 2.24) is 20.0 Å². The largest absolute Gasteiger partial charge is 0.469 e. The van der Waals surface area contributed by atoms with E-state index in [1.165, 1.54) is 11.8 Å². The van der Waals surface area contributed by atoms with Crippen LogP contribution in [0.2, 0.25) is 0 Å². The van der Waals surface area contributed by atoms with E-state index in [0.29, 0.717) is 28.1 Å². The molecular formula is C19H15N5O2S. The number of nitrogens with zero attached hydrogens (tertiary/aromatic N) is 5. The van der Waals surface area contributed by atoms with Gasteiger partial charge in [-0.2, -0.15) is 10.4 Å². The van der Waals surface area contributed by atoms with Gasteiger partial charge in [0.1, 0.15) is 11.8 Å². The number of furan rings is 1. The van der Waals surface area contributed by atoms with Crippen molar-refractivity contribution in [2.75, 3.05) is 0 Å². The van der Waals surface area contributed by atoms with Crippen LogP contribution < -0.4 is 0 Å². The number of nitriles is 1. The van der Waals surface area contributed by atoms with E-state index >= 15 is 0 Å². The summed E-state index contributed by atoms with van der Waals surface area (Å²) in [4.78, 5) is 0. The Hall–Kier alpha value is -3.31. The van der Waals surface area contributed by atoms with Crippen molar-refractivity contribution in [3.63, 3.8) is 0 Å². The van der Waals surface area contributed by atoms with Gasteiger partial charge in [-0.3, -0.25) is 0 Å². The lowest BCUT2D eigenvalue weighted by Gasteiger charge is -2.06. The van der Waals surface area contributed by atoms with E-state index in [1.54, 1.807) is 17.0 Å². The normalized spacial score (nSPS) is 10.9. The Kier molecular flexibility index (Phi) is 4.52. The smallest absolute Gasteiger partial charge is 0.277 e. The van der Waals surface area contributed by atoms with Crippen molar-refractivity contribution in [1.29, 1.82) is 5.26 Å². The van der Waals surface area contributed by atoms with Crippen LogP contribution in [0.1, 0.15) is 22.7 Å². The average molecular weight is 377 g/mol. The number of hydrogen-bond donors (Lipinski definition) is 0. The Labute approximate surface area is 159 Å². The molecule has 0 unspecified atom stereocenters. The third-order valence-corrected chi connectivity index (χ3v) is 4.93. The third kappa shape index (κ3) is 3.25. The van der Waals surface area contributed by atoms with E-state index in [-0.39, 0.29) is 0 Å². The molecule has 0 bridgehead atoms. The molecule has 0 atom stereocenters. The van der Waals surface area contributed by atoms with E-state index < -0.39 is 0 Å². The van der Waals surface area contributed by atoms with Crippen LogP contribution in [0, 0.1) is 25.2 Å². The first kappa shape index (κ1) is 17.1. The van der Waals surface area contributed by atoms with Gasteiger partial charge in [0, 0.05) is 5.75 Å². The number of thioether (sulfide) groups is 1. The van der Waals surface area contributed by atoms with Crippen LogP contribution in [0.4, 0.5) is 0 Å². The maximum Gasteiger partial charge on any atom is 0.277 e. The summed E-state index contributed by atoms with van der Waals surface area (Å²) in [5, 5.41) is 22.6. The highest BCUT2D eigenvalue weighted by Crippen LogP contribution is 2.30. The quantitative estimate of drug-likeness (QED) is 0.479. The number of aromatic nitrogens is 4. The number of aryl methyl sites for hydroxylation is 2. The van der Waals surface area contributed by atoms with Gasteiger partial charge < -0.3 is 8.83 Å². The topological polar surface area (TPSA) is 93.7 Å². The average Bonchev–Trinajstić information content (AvgIpc) is 3.39. The van der Waals surface area contributed by atoms with Gasteiger partial charge in [-0.05, 0) is 32.0 Å². The van der Waals surface area contributed by atoms with Gasteiger partial charge in [0.05, 0.1) is 34.5 Å². The van der Waals surface area contributed by atoms with Gasteiger partial charge >= 0.3 is 0 Å². The summed E-state index contributed by atoms with van der Waals surface area (Å²) < 4.78 is 12.8. The number of benzene rings is 1. The lowest BCUT2D eigenvalue weighted by Crippen LogP contribution is -2.02. The number of para-hydroxylation sites is 1. The lowest BCUT2D eigenvalue weighted by molar-refractivity contribution is 0.463. The summed E-state index contributed by atoms with van der Waals surface area (Å²) >= 11 is 1.37. The summed E-state index contributed by atoms with van der Waals surface area (Å²) in [5.41, 5.74) is 3.73. The molecule has 27 heavy (non-hydrogen) atoms. The first-order valence-corrected chi connectivity index (χ1v) is 9.20. The molecular weight excluding hydrogens is 362 g/mol. The van der Waals surface area contributed by atoms with Gasteiger partial charge in [-0.15, -0.1) is 10.2 Å². The first-order valence-electron chi connectivity index (χ1n) is 8.22. The van der Waals surface area contributed by atoms with Gasteiger partial charge in [0.2, 0.25) is 0 Å². The molecule has 0 aliphatic heterocycles. The molecule has 0 amide bonds. The van der Waals surface area contributed by atoms with Crippen LogP contribution in [0.5, 0.6) is 0 Å². The van der Waals surface area contributed by atoms with E-state index in [1.807, 2.05) is 44.2 Å². The summed E-state index contributed by atoms with van der Waals surface area (Å²) in [5.74, 6) is 1.61. The Morgan fingerprint density at radius 2 is 1.96 bits per heavy atom. The van der Waals surface area contributed by atoms with Gasteiger partial charge in [0.25, 0.3) is 11.1 Å². The highest BCUT2D eigenvalue weighted by molar-refractivity contribution is 7.98. The molecule has 3 heterocycles. The van der Waals surface area contributed by atoms with Crippen LogP contribution in [-0.4, -0.2) is 20.0 Å². The minimum absolute atomic E-state index is 0.414. The third-order valence-electron chi connectivity index (χ3n) is 4.10. The molecule has 7 nitrogen and oxygen atoms in total. The fraction of sp³-hybridized carbons (Fsp3) is 0.158. The monoisotopic (exact) mass is 377 g/mol. The molecule has 1 aromatic carbocycles. The molecule has 3 aromatic heterocycles. The van der Waals surface area contributed by atoms with Crippen molar-refractivity contribution in [3.8, 4) is 23.2 Å². The first-order chi connectivity index (χ1) is 13.2. The minimum Gasteiger partial charge on any atom is -0.469 e. The van der Waals surface area contributed by atoms with Gasteiger partial charge in [-0.25, -0.2) is 4.68 Å². The molecule has 0 spiro atoms. The van der Waals surface area contributed by atoms with Crippen molar-refractivity contribution in [2.45, 2.75) is 24.8 Å². The SMILES string of the molecule is Cc1nn(-c2ccccc2)c(CSc2nnc(-c3ccoc3C)o2)c1C#N. The molecule has 0 aliphatic carbocycles. The fourth-order valence-electron chi connectivity index (χ4n) is 2.75. The summed E-state index contributed by atoms with van der Waals surface area (Å²) in [6.45, 7) is 3.67. The van der Waals surface area contributed by atoms with E-state index in [2.05, 4.69) is 21.4 Å².